The summed E-state index contributed by atoms with van der Waals surface area (Å²) in [6.07, 6.45) is 4.99. The number of hydrogen-bond donors (Lipinski definition) is 3. The van der Waals surface area contributed by atoms with Crippen molar-refractivity contribution < 1.29 is 8.78 Å². The first-order chi connectivity index (χ1) is 9.69. The zero-order valence-corrected chi connectivity index (χ0v) is 10.7. The van der Waals surface area contributed by atoms with Crippen LogP contribution >= 0.6 is 0 Å². The fourth-order valence-electron chi connectivity index (χ4n) is 2.50. The summed E-state index contributed by atoms with van der Waals surface area (Å²) in [6.45, 7) is -0.140. The van der Waals surface area contributed by atoms with Crippen LogP contribution in [0.4, 0.5) is 8.78 Å². The lowest BCUT2D eigenvalue weighted by atomic mass is 9.99. The second-order valence-corrected chi connectivity index (χ2v) is 4.80. The molecule has 3 rings (SSSR count). The van der Waals surface area contributed by atoms with Gasteiger partial charge in [-0.2, -0.15) is 0 Å². The van der Waals surface area contributed by atoms with Crippen LogP contribution in [0.5, 0.6) is 0 Å². The summed E-state index contributed by atoms with van der Waals surface area (Å²) in [4.78, 5) is 6.98. The molecule has 3 N–H and O–H groups in total. The van der Waals surface area contributed by atoms with Crippen LogP contribution in [0.1, 0.15) is 18.0 Å². The van der Waals surface area contributed by atoms with Crippen molar-refractivity contribution in [1.29, 1.82) is 5.41 Å². The number of halogens is 2. The molecule has 0 fully saturated rings. The van der Waals surface area contributed by atoms with E-state index in [9.17, 15) is 8.78 Å². The van der Waals surface area contributed by atoms with Gasteiger partial charge in [0, 0.05) is 41.9 Å². The van der Waals surface area contributed by atoms with E-state index in [0.717, 1.165) is 11.8 Å². The number of allylic oxidation sites excluding steroid dienone is 1. The van der Waals surface area contributed by atoms with Crippen molar-refractivity contribution in [3.63, 3.8) is 0 Å². The number of aromatic nitrogens is 2. The van der Waals surface area contributed by atoms with Gasteiger partial charge in [0.15, 0.2) is 0 Å². The Kier molecular flexibility index (Phi) is 3.31. The third-order valence-corrected chi connectivity index (χ3v) is 3.56. The van der Waals surface area contributed by atoms with Gasteiger partial charge in [-0.05, 0) is 11.6 Å². The van der Waals surface area contributed by atoms with Gasteiger partial charge in [-0.25, -0.2) is 13.8 Å². The number of aromatic amines is 1. The van der Waals surface area contributed by atoms with E-state index >= 15 is 0 Å². The quantitative estimate of drug-likeness (QED) is 0.789. The van der Waals surface area contributed by atoms with E-state index in [2.05, 4.69) is 15.3 Å². The van der Waals surface area contributed by atoms with Gasteiger partial charge in [0.25, 0.3) is 0 Å². The minimum atomic E-state index is -0.628. The summed E-state index contributed by atoms with van der Waals surface area (Å²) in [5, 5.41) is 11.9. The van der Waals surface area contributed by atoms with E-state index in [-0.39, 0.29) is 11.8 Å². The molecule has 1 aliphatic rings. The summed E-state index contributed by atoms with van der Waals surface area (Å²) >= 11 is 0. The molecule has 0 aliphatic carbocycles. The smallest absolute Gasteiger partial charge is 0.142 e. The Labute approximate surface area is 114 Å². The molecule has 0 bridgehead atoms. The molecule has 4 nitrogen and oxygen atoms in total. The Morgan fingerprint density at radius 2 is 2.30 bits per heavy atom. The highest BCUT2D eigenvalue weighted by Crippen LogP contribution is 2.28. The minimum Gasteiger partial charge on any atom is -0.346 e. The average molecular weight is 276 g/mol. The lowest BCUT2D eigenvalue weighted by Gasteiger charge is -2.15. The topological polar surface area (TPSA) is 64.6 Å². The predicted molar refractivity (Wildman–Crippen MR) is 73.2 cm³/mol. The fourth-order valence-corrected chi connectivity index (χ4v) is 2.50. The van der Waals surface area contributed by atoms with Crippen LogP contribution in [0.3, 0.4) is 0 Å². The zero-order chi connectivity index (χ0) is 14.1. The van der Waals surface area contributed by atoms with Gasteiger partial charge < -0.3 is 15.7 Å². The second-order valence-electron chi connectivity index (χ2n) is 4.80. The van der Waals surface area contributed by atoms with Crippen LogP contribution in [0.15, 0.2) is 30.1 Å². The molecule has 104 valence electrons. The van der Waals surface area contributed by atoms with Gasteiger partial charge in [-0.3, -0.25) is 0 Å². The maximum atomic E-state index is 13.3. The fraction of sp³-hybridized carbons (Fsp3) is 0.286. The van der Waals surface area contributed by atoms with Crippen LogP contribution in [-0.4, -0.2) is 28.9 Å². The first-order valence-electron chi connectivity index (χ1n) is 6.37. The molecule has 0 spiro atoms. The molecule has 0 radical (unpaired) electrons. The van der Waals surface area contributed by atoms with Crippen molar-refractivity contribution in [1.82, 2.24) is 15.3 Å². The molecule has 0 saturated heterocycles. The Bertz CT molecular complexity index is 690. The molecule has 0 saturated carbocycles. The molecule has 3 heterocycles. The monoisotopic (exact) mass is 276 g/mol. The van der Waals surface area contributed by atoms with E-state index in [1.807, 2.05) is 0 Å². The van der Waals surface area contributed by atoms with Crippen molar-refractivity contribution in [3.05, 3.63) is 41.5 Å². The number of nitrogens with one attached hydrogen (secondary N) is 3. The highest BCUT2D eigenvalue weighted by molar-refractivity contribution is 5.99. The van der Waals surface area contributed by atoms with Gasteiger partial charge in [-0.15, -0.1) is 0 Å². The van der Waals surface area contributed by atoms with E-state index in [1.165, 1.54) is 6.07 Å². The molecule has 1 atom stereocenters. The summed E-state index contributed by atoms with van der Waals surface area (Å²) in [5.74, 6) is -0.398. The van der Waals surface area contributed by atoms with Crippen LogP contribution in [0.25, 0.3) is 11.0 Å². The molecule has 20 heavy (non-hydrogen) atoms. The summed E-state index contributed by atoms with van der Waals surface area (Å²) in [7, 11) is 0. The molecule has 2 aromatic rings. The zero-order valence-electron chi connectivity index (χ0n) is 10.7. The lowest BCUT2D eigenvalue weighted by Crippen LogP contribution is -2.21. The first-order valence-corrected chi connectivity index (χ1v) is 6.37. The first kappa shape index (κ1) is 12.9. The van der Waals surface area contributed by atoms with Crippen molar-refractivity contribution in [2.24, 2.45) is 0 Å². The highest BCUT2D eigenvalue weighted by atomic mass is 19.1. The number of alkyl halides is 1. The Morgan fingerprint density at radius 3 is 3.10 bits per heavy atom. The van der Waals surface area contributed by atoms with Crippen molar-refractivity contribution in [2.75, 3.05) is 13.2 Å². The number of nitrogens with zero attached hydrogens (tertiary/aromatic N) is 1. The number of rotatable bonds is 2. The summed E-state index contributed by atoms with van der Waals surface area (Å²) in [5.41, 5.74) is 2.16. The SMILES string of the molecule is N=C1CC(c2c[nH]c3ncc(F)cc23)NCC=C1CF. The Balaban J connectivity index is 1.96. The van der Waals surface area contributed by atoms with Gasteiger partial charge in [0.1, 0.15) is 18.1 Å². The van der Waals surface area contributed by atoms with Crippen LogP contribution in [0.2, 0.25) is 0 Å². The number of fused-ring (bicyclic) bond motifs is 1. The Morgan fingerprint density at radius 1 is 1.45 bits per heavy atom. The molecule has 0 amide bonds. The highest BCUT2D eigenvalue weighted by Gasteiger charge is 2.21. The molecular weight excluding hydrogens is 262 g/mol. The molecule has 0 aromatic carbocycles. The summed E-state index contributed by atoms with van der Waals surface area (Å²) in [6, 6.07) is 1.27. The van der Waals surface area contributed by atoms with E-state index in [4.69, 9.17) is 5.41 Å². The maximum absolute atomic E-state index is 13.3. The average Bonchev–Trinajstić information content (AvgIpc) is 2.75. The molecule has 1 aliphatic heterocycles. The van der Waals surface area contributed by atoms with E-state index in [1.54, 1.807) is 12.3 Å². The van der Waals surface area contributed by atoms with Crippen LogP contribution in [-0.2, 0) is 0 Å². The largest absolute Gasteiger partial charge is 0.346 e. The van der Waals surface area contributed by atoms with E-state index in [0.29, 0.717) is 29.6 Å². The van der Waals surface area contributed by atoms with Gasteiger partial charge in [-0.1, -0.05) is 6.08 Å². The van der Waals surface area contributed by atoms with Gasteiger partial charge in [0.05, 0.1) is 6.20 Å². The van der Waals surface area contributed by atoms with Crippen LogP contribution in [0, 0.1) is 11.2 Å². The number of hydrogen-bond acceptors (Lipinski definition) is 3. The third-order valence-electron chi connectivity index (χ3n) is 3.56. The van der Waals surface area contributed by atoms with Crippen molar-refractivity contribution >= 4 is 16.7 Å². The number of pyridine rings is 1. The maximum Gasteiger partial charge on any atom is 0.142 e. The molecule has 2 aromatic heterocycles. The normalized spacial score (nSPS) is 20.0. The van der Waals surface area contributed by atoms with E-state index < -0.39 is 12.5 Å². The third kappa shape index (κ3) is 2.22. The summed E-state index contributed by atoms with van der Waals surface area (Å²) < 4.78 is 26.1. The lowest BCUT2D eigenvalue weighted by molar-refractivity contribution is 0.551. The van der Waals surface area contributed by atoms with Gasteiger partial charge >= 0.3 is 0 Å². The molecular formula is C14H14F2N4. The minimum absolute atomic E-state index is 0.153. The molecule has 1 unspecified atom stereocenters. The predicted octanol–water partition coefficient (Wildman–Crippen LogP) is 2.65. The van der Waals surface area contributed by atoms with Crippen molar-refractivity contribution in [3.8, 4) is 0 Å². The van der Waals surface area contributed by atoms with Crippen LogP contribution < -0.4 is 5.32 Å². The standard InChI is InChI=1S/C14H14F2N4/c15-5-8-1-2-18-13(4-12(8)17)11-7-20-14-10(11)3-9(16)6-19-14/h1,3,6-7,13,17-18H,2,4-5H2,(H,19,20). The second kappa shape index (κ2) is 5.13. The van der Waals surface area contributed by atoms with Gasteiger partial charge in [0.2, 0.25) is 0 Å². The van der Waals surface area contributed by atoms with Crippen molar-refractivity contribution in [2.45, 2.75) is 12.5 Å². The molecule has 6 heteroatoms. The Hall–Kier alpha value is -2.08. The number of H-pyrrole nitrogens is 1.